The van der Waals surface area contributed by atoms with Crippen LogP contribution in [0.5, 0.6) is 0 Å². The van der Waals surface area contributed by atoms with Crippen molar-refractivity contribution >= 4 is 21.7 Å². The molecule has 0 fully saturated rings. The quantitative estimate of drug-likeness (QED) is 0.740. The Balaban J connectivity index is 2.40. The standard InChI is InChI=1S/C11H13BrO/c1-9(12)11(13)8-7-10-5-3-2-4-6-10/h2-6,9H,7-8H2,1H3. The number of ketones is 1. The lowest BCUT2D eigenvalue weighted by Gasteiger charge is -2.02. The SMILES string of the molecule is CC(Br)C(=O)CCc1ccccc1. The van der Waals surface area contributed by atoms with Crippen LogP contribution in [0.25, 0.3) is 0 Å². The minimum atomic E-state index is -0.0174. The molecule has 1 unspecified atom stereocenters. The summed E-state index contributed by atoms with van der Waals surface area (Å²) >= 11 is 3.26. The molecule has 0 saturated heterocycles. The molecule has 0 amide bonds. The van der Waals surface area contributed by atoms with Gasteiger partial charge in [0.2, 0.25) is 0 Å². The van der Waals surface area contributed by atoms with E-state index < -0.39 is 0 Å². The molecule has 0 heterocycles. The average molecular weight is 241 g/mol. The van der Waals surface area contributed by atoms with Crippen LogP contribution in [0.1, 0.15) is 18.9 Å². The maximum absolute atomic E-state index is 11.3. The van der Waals surface area contributed by atoms with Crippen LogP contribution in [0.2, 0.25) is 0 Å². The summed E-state index contributed by atoms with van der Waals surface area (Å²) in [5.74, 6) is 0.267. The zero-order chi connectivity index (χ0) is 9.68. The van der Waals surface area contributed by atoms with Gasteiger partial charge in [-0.15, -0.1) is 0 Å². The first-order valence-corrected chi connectivity index (χ1v) is 5.32. The van der Waals surface area contributed by atoms with Crippen LogP contribution in [0.3, 0.4) is 0 Å². The fourth-order valence-corrected chi connectivity index (χ4v) is 1.34. The van der Waals surface area contributed by atoms with E-state index in [4.69, 9.17) is 0 Å². The third-order valence-corrected chi connectivity index (χ3v) is 2.46. The van der Waals surface area contributed by atoms with E-state index in [1.54, 1.807) is 0 Å². The molecule has 2 heteroatoms. The minimum absolute atomic E-state index is 0.0174. The van der Waals surface area contributed by atoms with Crippen molar-refractivity contribution in [3.8, 4) is 0 Å². The van der Waals surface area contributed by atoms with Gasteiger partial charge in [0.1, 0.15) is 5.78 Å². The Labute approximate surface area is 87.3 Å². The third-order valence-electron chi connectivity index (χ3n) is 1.95. The van der Waals surface area contributed by atoms with E-state index >= 15 is 0 Å². The first-order valence-electron chi connectivity index (χ1n) is 4.41. The zero-order valence-corrected chi connectivity index (χ0v) is 9.25. The highest BCUT2D eigenvalue weighted by molar-refractivity contribution is 9.10. The molecule has 1 rings (SSSR count). The van der Waals surface area contributed by atoms with Crippen molar-refractivity contribution in [3.63, 3.8) is 0 Å². The number of hydrogen-bond acceptors (Lipinski definition) is 1. The number of benzene rings is 1. The number of aryl methyl sites for hydroxylation is 1. The molecule has 0 aliphatic heterocycles. The van der Waals surface area contributed by atoms with E-state index in [9.17, 15) is 4.79 Å². The Morgan fingerprint density at radius 1 is 1.38 bits per heavy atom. The molecule has 0 aliphatic carbocycles. The highest BCUT2D eigenvalue weighted by Gasteiger charge is 2.07. The summed E-state index contributed by atoms with van der Waals surface area (Å²) in [5.41, 5.74) is 1.23. The number of carbonyl (C=O) groups excluding carboxylic acids is 1. The summed E-state index contributed by atoms with van der Waals surface area (Å²) in [7, 11) is 0. The van der Waals surface area contributed by atoms with Crippen molar-refractivity contribution in [1.29, 1.82) is 0 Å². The van der Waals surface area contributed by atoms with E-state index in [0.29, 0.717) is 6.42 Å². The Hall–Kier alpha value is -0.630. The molecule has 1 aromatic carbocycles. The predicted octanol–water partition coefficient (Wildman–Crippen LogP) is 2.97. The van der Waals surface area contributed by atoms with Crippen molar-refractivity contribution in [2.45, 2.75) is 24.6 Å². The molecule has 0 aliphatic rings. The first-order chi connectivity index (χ1) is 6.20. The number of rotatable bonds is 4. The number of Topliss-reactive ketones (excluding diaryl/α,β-unsaturated/α-hetero) is 1. The van der Waals surface area contributed by atoms with E-state index in [1.165, 1.54) is 5.56 Å². The van der Waals surface area contributed by atoms with Gasteiger partial charge >= 0.3 is 0 Å². The molecule has 0 aromatic heterocycles. The second kappa shape index (κ2) is 5.18. The summed E-state index contributed by atoms with van der Waals surface area (Å²) in [6.45, 7) is 1.87. The van der Waals surface area contributed by atoms with Gasteiger partial charge in [0.25, 0.3) is 0 Å². The Kier molecular flexibility index (Phi) is 4.16. The van der Waals surface area contributed by atoms with Crippen molar-refractivity contribution in [1.82, 2.24) is 0 Å². The van der Waals surface area contributed by atoms with E-state index in [-0.39, 0.29) is 10.6 Å². The van der Waals surface area contributed by atoms with Crippen LogP contribution in [0, 0.1) is 0 Å². The second-order valence-electron chi connectivity index (χ2n) is 3.07. The largest absolute Gasteiger partial charge is 0.298 e. The molecular weight excluding hydrogens is 228 g/mol. The van der Waals surface area contributed by atoms with E-state index in [2.05, 4.69) is 15.9 Å². The van der Waals surface area contributed by atoms with Gasteiger partial charge in [0.15, 0.2) is 0 Å². The van der Waals surface area contributed by atoms with E-state index in [0.717, 1.165) is 6.42 Å². The lowest BCUT2D eigenvalue weighted by molar-refractivity contribution is -0.118. The van der Waals surface area contributed by atoms with Crippen LogP contribution in [-0.4, -0.2) is 10.6 Å². The highest BCUT2D eigenvalue weighted by atomic mass is 79.9. The van der Waals surface area contributed by atoms with Crippen LogP contribution < -0.4 is 0 Å². The maximum atomic E-state index is 11.3. The molecule has 0 radical (unpaired) electrons. The number of carbonyl (C=O) groups is 1. The van der Waals surface area contributed by atoms with Crippen LogP contribution in [-0.2, 0) is 11.2 Å². The van der Waals surface area contributed by atoms with Crippen molar-refractivity contribution in [3.05, 3.63) is 35.9 Å². The van der Waals surface area contributed by atoms with Gasteiger partial charge in [-0.3, -0.25) is 4.79 Å². The smallest absolute Gasteiger partial charge is 0.146 e. The fourth-order valence-electron chi connectivity index (χ4n) is 1.11. The van der Waals surface area contributed by atoms with Crippen LogP contribution in [0.15, 0.2) is 30.3 Å². The van der Waals surface area contributed by atoms with Gasteiger partial charge < -0.3 is 0 Å². The first kappa shape index (κ1) is 10.5. The molecule has 0 bridgehead atoms. The highest BCUT2D eigenvalue weighted by Crippen LogP contribution is 2.07. The summed E-state index contributed by atoms with van der Waals surface area (Å²) < 4.78 is 0. The van der Waals surface area contributed by atoms with Gasteiger partial charge in [-0.05, 0) is 18.9 Å². The summed E-state index contributed by atoms with van der Waals surface area (Å²) in [5, 5.41) is 0. The number of alkyl halides is 1. The molecular formula is C11H13BrO. The molecule has 0 spiro atoms. The molecule has 0 N–H and O–H groups in total. The molecule has 1 nitrogen and oxygen atoms in total. The van der Waals surface area contributed by atoms with Crippen molar-refractivity contribution < 1.29 is 4.79 Å². The Morgan fingerprint density at radius 2 is 2.00 bits per heavy atom. The Bertz CT molecular complexity index is 267. The monoisotopic (exact) mass is 240 g/mol. The number of hydrogen-bond donors (Lipinski definition) is 0. The lowest BCUT2D eigenvalue weighted by Crippen LogP contribution is -2.10. The topological polar surface area (TPSA) is 17.1 Å². The second-order valence-corrected chi connectivity index (χ2v) is 4.44. The van der Waals surface area contributed by atoms with Gasteiger partial charge in [-0.1, -0.05) is 46.3 Å². The van der Waals surface area contributed by atoms with E-state index in [1.807, 2.05) is 37.3 Å². The molecule has 1 atom stereocenters. The van der Waals surface area contributed by atoms with Crippen molar-refractivity contribution in [2.75, 3.05) is 0 Å². The minimum Gasteiger partial charge on any atom is -0.298 e. The van der Waals surface area contributed by atoms with Gasteiger partial charge in [0, 0.05) is 6.42 Å². The summed E-state index contributed by atoms with van der Waals surface area (Å²) in [4.78, 5) is 11.3. The lowest BCUT2D eigenvalue weighted by atomic mass is 10.1. The van der Waals surface area contributed by atoms with Gasteiger partial charge in [0.05, 0.1) is 4.83 Å². The molecule has 0 saturated carbocycles. The molecule has 1 aromatic rings. The number of halogens is 1. The average Bonchev–Trinajstić information content (AvgIpc) is 2.15. The fraction of sp³-hybridized carbons (Fsp3) is 0.364. The predicted molar refractivity (Wildman–Crippen MR) is 58.2 cm³/mol. The van der Waals surface area contributed by atoms with Gasteiger partial charge in [-0.2, -0.15) is 0 Å². The Morgan fingerprint density at radius 3 is 2.54 bits per heavy atom. The third kappa shape index (κ3) is 3.73. The molecule has 13 heavy (non-hydrogen) atoms. The van der Waals surface area contributed by atoms with Gasteiger partial charge in [-0.25, -0.2) is 0 Å². The van der Waals surface area contributed by atoms with Crippen LogP contribution >= 0.6 is 15.9 Å². The molecule has 70 valence electrons. The van der Waals surface area contributed by atoms with Crippen molar-refractivity contribution in [2.24, 2.45) is 0 Å². The van der Waals surface area contributed by atoms with Crippen LogP contribution in [0.4, 0.5) is 0 Å². The normalized spacial score (nSPS) is 12.5. The summed E-state index contributed by atoms with van der Waals surface area (Å²) in [6.07, 6.45) is 1.46. The maximum Gasteiger partial charge on any atom is 0.146 e. The summed E-state index contributed by atoms with van der Waals surface area (Å²) in [6, 6.07) is 10.1. The zero-order valence-electron chi connectivity index (χ0n) is 7.66.